The smallest absolute Gasteiger partial charge is 0.149 e. The number of rotatable bonds is 2. The molecular formula is C26H16BrClN2O. The Bertz CT molecular complexity index is 1630. The van der Waals surface area contributed by atoms with Crippen molar-refractivity contribution in [3.05, 3.63) is 93.9 Å². The molecule has 150 valence electrons. The molecule has 0 saturated heterocycles. The van der Waals surface area contributed by atoms with E-state index in [1.807, 2.05) is 42.5 Å². The Morgan fingerprint density at radius 1 is 0.903 bits per heavy atom. The van der Waals surface area contributed by atoms with Gasteiger partial charge in [-0.1, -0.05) is 54.1 Å². The summed E-state index contributed by atoms with van der Waals surface area (Å²) in [6.45, 7) is 2.06. The molecule has 0 unspecified atom stereocenters. The molecule has 2 aromatic heterocycles. The summed E-state index contributed by atoms with van der Waals surface area (Å²) in [7, 11) is 0. The van der Waals surface area contributed by atoms with Gasteiger partial charge in [0.1, 0.15) is 17.0 Å². The summed E-state index contributed by atoms with van der Waals surface area (Å²) < 4.78 is 9.29. The fourth-order valence-electron chi connectivity index (χ4n) is 4.24. The predicted octanol–water partition coefficient (Wildman–Crippen LogP) is 8.32. The third kappa shape index (κ3) is 2.83. The zero-order chi connectivity index (χ0) is 21.1. The minimum absolute atomic E-state index is 0.645. The molecule has 6 rings (SSSR count). The minimum atomic E-state index is 0.645. The summed E-state index contributed by atoms with van der Waals surface area (Å²) in [5.41, 5.74) is 6.50. The number of benzene rings is 4. The molecule has 31 heavy (non-hydrogen) atoms. The second kappa shape index (κ2) is 6.98. The Hall–Kier alpha value is -3.08. The Morgan fingerprint density at radius 2 is 1.68 bits per heavy atom. The van der Waals surface area contributed by atoms with E-state index in [1.54, 1.807) is 0 Å². The van der Waals surface area contributed by atoms with Crippen LogP contribution in [0, 0.1) is 6.92 Å². The molecule has 0 aliphatic carbocycles. The molecule has 0 atom stereocenters. The first-order valence-electron chi connectivity index (χ1n) is 9.96. The van der Waals surface area contributed by atoms with Crippen LogP contribution < -0.4 is 0 Å². The van der Waals surface area contributed by atoms with Crippen molar-refractivity contribution in [1.82, 2.24) is 9.55 Å². The van der Waals surface area contributed by atoms with E-state index in [-0.39, 0.29) is 0 Å². The highest BCUT2D eigenvalue weighted by Gasteiger charge is 2.21. The van der Waals surface area contributed by atoms with Crippen molar-refractivity contribution >= 4 is 60.5 Å². The highest BCUT2D eigenvalue weighted by Crippen LogP contribution is 2.40. The molecule has 0 bridgehead atoms. The van der Waals surface area contributed by atoms with Crippen LogP contribution >= 0.6 is 27.5 Å². The third-order valence-corrected chi connectivity index (χ3v) is 6.85. The van der Waals surface area contributed by atoms with Crippen LogP contribution in [0.25, 0.3) is 50.0 Å². The number of hydrogen-bond donors (Lipinski definition) is 0. The highest BCUT2D eigenvalue weighted by atomic mass is 79.9. The molecule has 4 aromatic carbocycles. The lowest BCUT2D eigenvalue weighted by atomic mass is 10.1. The lowest BCUT2D eigenvalue weighted by molar-refractivity contribution is 0.669. The molecule has 6 aromatic rings. The predicted molar refractivity (Wildman–Crippen MR) is 131 cm³/mol. The lowest BCUT2D eigenvalue weighted by Crippen LogP contribution is -2.00. The van der Waals surface area contributed by atoms with Crippen LogP contribution in [-0.2, 0) is 0 Å². The molecule has 5 heteroatoms. The summed E-state index contributed by atoms with van der Waals surface area (Å²) in [5.74, 6) is 0.797. The summed E-state index contributed by atoms with van der Waals surface area (Å²) >= 11 is 10.4. The second-order valence-corrected chi connectivity index (χ2v) is 8.85. The van der Waals surface area contributed by atoms with Crippen molar-refractivity contribution in [2.24, 2.45) is 0 Å². The first-order valence-corrected chi connectivity index (χ1v) is 11.1. The van der Waals surface area contributed by atoms with Crippen molar-refractivity contribution in [2.75, 3.05) is 0 Å². The van der Waals surface area contributed by atoms with Gasteiger partial charge in [0.05, 0.1) is 27.3 Å². The first kappa shape index (κ1) is 18.7. The van der Waals surface area contributed by atoms with Crippen LogP contribution in [0.1, 0.15) is 5.56 Å². The topological polar surface area (TPSA) is 31.0 Å². The maximum Gasteiger partial charge on any atom is 0.149 e. The number of aromatic nitrogens is 2. The summed E-state index contributed by atoms with van der Waals surface area (Å²) in [6, 6.07) is 26.5. The fourth-order valence-corrected chi connectivity index (χ4v) is 5.00. The molecule has 0 aliphatic rings. The number of furan rings is 1. The van der Waals surface area contributed by atoms with Gasteiger partial charge in [-0.15, -0.1) is 0 Å². The number of nitrogens with zero attached hydrogens (tertiary/aromatic N) is 2. The molecule has 0 radical (unpaired) electrons. The minimum Gasteiger partial charge on any atom is -0.455 e. The van der Waals surface area contributed by atoms with Crippen molar-refractivity contribution in [2.45, 2.75) is 6.92 Å². The van der Waals surface area contributed by atoms with Crippen LogP contribution in [0.5, 0.6) is 0 Å². The fraction of sp³-hybridized carbons (Fsp3) is 0.0385. The largest absolute Gasteiger partial charge is 0.455 e. The molecule has 0 fully saturated rings. The molecule has 0 saturated carbocycles. The number of fused-ring (bicyclic) bond motifs is 4. The molecule has 2 heterocycles. The standard InChI is InChI=1S/C26H16BrClN2O/c1-15-13-19(27)24(28)22(14-15)30-21-11-4-3-10-20(21)29-26(30)18-9-6-8-17-16-7-2-5-12-23(16)31-25(17)18/h2-14H,1H3. The number of halogens is 2. The Morgan fingerprint density at radius 3 is 2.58 bits per heavy atom. The van der Waals surface area contributed by atoms with Crippen LogP contribution in [0.15, 0.2) is 87.8 Å². The number of hydrogen-bond acceptors (Lipinski definition) is 2. The van der Waals surface area contributed by atoms with Gasteiger partial charge in [-0.2, -0.15) is 0 Å². The molecular weight excluding hydrogens is 472 g/mol. The normalized spacial score (nSPS) is 11.7. The van der Waals surface area contributed by atoms with Crippen LogP contribution in [0.3, 0.4) is 0 Å². The zero-order valence-corrected chi connectivity index (χ0v) is 18.9. The van der Waals surface area contributed by atoms with Crippen molar-refractivity contribution < 1.29 is 4.42 Å². The lowest BCUT2D eigenvalue weighted by Gasteiger charge is -2.14. The van der Waals surface area contributed by atoms with Gasteiger partial charge in [0.2, 0.25) is 0 Å². The average Bonchev–Trinajstić information content (AvgIpc) is 3.34. The van der Waals surface area contributed by atoms with E-state index in [1.165, 1.54) is 0 Å². The Balaban J connectivity index is 1.76. The van der Waals surface area contributed by atoms with E-state index < -0.39 is 0 Å². The zero-order valence-electron chi connectivity index (χ0n) is 16.6. The van der Waals surface area contributed by atoms with Gasteiger partial charge in [-0.3, -0.25) is 4.57 Å². The van der Waals surface area contributed by atoms with E-state index >= 15 is 0 Å². The first-order chi connectivity index (χ1) is 15.1. The molecule has 0 spiro atoms. The van der Waals surface area contributed by atoms with Crippen molar-refractivity contribution in [3.63, 3.8) is 0 Å². The van der Waals surface area contributed by atoms with E-state index in [0.29, 0.717) is 5.02 Å². The highest BCUT2D eigenvalue weighted by molar-refractivity contribution is 9.10. The number of para-hydroxylation sites is 4. The second-order valence-electron chi connectivity index (χ2n) is 7.62. The maximum atomic E-state index is 6.78. The summed E-state index contributed by atoms with van der Waals surface area (Å²) in [5, 5.41) is 2.81. The third-order valence-electron chi connectivity index (χ3n) is 5.60. The SMILES string of the molecule is Cc1cc(Br)c(Cl)c(-n2c(-c3cccc4c3oc3ccccc34)nc3ccccc32)c1. The summed E-state index contributed by atoms with van der Waals surface area (Å²) in [6.07, 6.45) is 0. The van der Waals surface area contributed by atoms with Crippen LogP contribution in [0.2, 0.25) is 5.02 Å². The Kier molecular flexibility index (Phi) is 4.20. The van der Waals surface area contributed by atoms with Crippen LogP contribution in [-0.4, -0.2) is 9.55 Å². The van der Waals surface area contributed by atoms with E-state index in [4.69, 9.17) is 21.0 Å². The molecule has 0 aliphatic heterocycles. The number of aryl methyl sites for hydroxylation is 1. The van der Waals surface area contributed by atoms with E-state index in [0.717, 1.165) is 60.1 Å². The average molecular weight is 488 g/mol. The van der Waals surface area contributed by atoms with Crippen LogP contribution in [0.4, 0.5) is 0 Å². The van der Waals surface area contributed by atoms with Crippen molar-refractivity contribution in [1.29, 1.82) is 0 Å². The van der Waals surface area contributed by atoms with Gasteiger partial charge in [0.15, 0.2) is 0 Å². The van der Waals surface area contributed by atoms with E-state index in [9.17, 15) is 0 Å². The molecule has 0 amide bonds. The quantitative estimate of drug-likeness (QED) is 0.246. The van der Waals surface area contributed by atoms with Gasteiger partial charge in [0.25, 0.3) is 0 Å². The van der Waals surface area contributed by atoms with Gasteiger partial charge < -0.3 is 4.42 Å². The molecule has 3 nitrogen and oxygen atoms in total. The monoisotopic (exact) mass is 486 g/mol. The van der Waals surface area contributed by atoms with Gasteiger partial charge in [-0.25, -0.2) is 4.98 Å². The summed E-state index contributed by atoms with van der Waals surface area (Å²) in [4.78, 5) is 5.01. The van der Waals surface area contributed by atoms with Gasteiger partial charge in [0, 0.05) is 15.2 Å². The van der Waals surface area contributed by atoms with Gasteiger partial charge >= 0.3 is 0 Å². The van der Waals surface area contributed by atoms with E-state index in [2.05, 4.69) is 63.8 Å². The molecule has 0 N–H and O–H groups in total. The number of imidazole rings is 1. The Labute approximate surface area is 192 Å². The maximum absolute atomic E-state index is 6.78. The van der Waals surface area contributed by atoms with Crippen molar-refractivity contribution in [3.8, 4) is 17.1 Å². The van der Waals surface area contributed by atoms with Gasteiger partial charge in [-0.05, 0) is 64.8 Å².